The molecular formula is C18H27NO6. The van der Waals surface area contributed by atoms with Crippen molar-refractivity contribution in [2.24, 2.45) is 5.92 Å². The number of aliphatic hydroxyl groups excluding tert-OH is 1. The molecule has 1 aromatic carbocycles. The summed E-state index contributed by atoms with van der Waals surface area (Å²) in [5, 5.41) is 12.7. The van der Waals surface area contributed by atoms with Gasteiger partial charge < -0.3 is 19.3 Å². The van der Waals surface area contributed by atoms with E-state index in [1.807, 2.05) is 30.3 Å². The van der Waals surface area contributed by atoms with E-state index in [1.54, 1.807) is 20.8 Å². The largest absolute Gasteiger partial charge is 0.464 e. The number of nitrogens with one attached hydrogen (secondary N) is 1. The number of carbonyl (C=O) groups excluding carboxylic acids is 2. The minimum Gasteiger partial charge on any atom is -0.464 e. The van der Waals surface area contributed by atoms with Crippen LogP contribution in [0.4, 0.5) is 4.79 Å². The average Bonchev–Trinajstić information content (AvgIpc) is 2.61. The molecule has 0 aliphatic carbocycles. The second-order valence-corrected chi connectivity index (χ2v) is 5.35. The lowest BCUT2D eigenvalue weighted by atomic mass is 9.97. The Kier molecular flexibility index (Phi) is 9.57. The molecule has 3 unspecified atom stereocenters. The third kappa shape index (κ3) is 7.11. The Morgan fingerprint density at radius 2 is 1.76 bits per heavy atom. The van der Waals surface area contributed by atoms with Gasteiger partial charge in [-0.05, 0) is 25.8 Å². The van der Waals surface area contributed by atoms with Crippen molar-refractivity contribution >= 4 is 12.1 Å². The highest BCUT2D eigenvalue weighted by Crippen LogP contribution is 2.17. The number of amides is 1. The van der Waals surface area contributed by atoms with E-state index in [2.05, 4.69) is 5.32 Å². The zero-order valence-corrected chi connectivity index (χ0v) is 14.9. The number of esters is 1. The monoisotopic (exact) mass is 353 g/mol. The van der Waals surface area contributed by atoms with Crippen molar-refractivity contribution in [3.63, 3.8) is 0 Å². The van der Waals surface area contributed by atoms with Gasteiger partial charge in [-0.15, -0.1) is 0 Å². The van der Waals surface area contributed by atoms with Gasteiger partial charge in [0.15, 0.2) is 6.10 Å². The maximum absolute atomic E-state index is 12.0. The number of hydrogen-bond donors (Lipinski definition) is 2. The molecule has 7 heteroatoms. The number of benzene rings is 1. The highest BCUT2D eigenvalue weighted by molar-refractivity contribution is 5.75. The summed E-state index contributed by atoms with van der Waals surface area (Å²) in [6.07, 6.45) is -2.53. The Bertz CT molecular complexity index is 522. The molecular weight excluding hydrogens is 326 g/mol. The number of alkyl carbamates (subject to hydrolysis) is 1. The molecule has 0 radical (unpaired) electrons. The average molecular weight is 353 g/mol. The fourth-order valence-electron chi connectivity index (χ4n) is 2.34. The molecule has 0 heterocycles. The second-order valence-electron chi connectivity index (χ2n) is 5.35. The highest BCUT2D eigenvalue weighted by atomic mass is 16.6. The molecule has 0 fully saturated rings. The van der Waals surface area contributed by atoms with Crippen molar-refractivity contribution in [1.29, 1.82) is 0 Å². The van der Waals surface area contributed by atoms with Gasteiger partial charge in [0.1, 0.15) is 12.8 Å². The minimum absolute atomic E-state index is 0.114. The van der Waals surface area contributed by atoms with Crippen LogP contribution in [0.3, 0.4) is 0 Å². The first-order valence-corrected chi connectivity index (χ1v) is 8.46. The van der Waals surface area contributed by atoms with Crippen LogP contribution in [0, 0.1) is 5.92 Å². The number of carbonyl (C=O) groups is 2. The predicted molar refractivity (Wildman–Crippen MR) is 91.6 cm³/mol. The number of hydrogen-bond acceptors (Lipinski definition) is 6. The van der Waals surface area contributed by atoms with Crippen LogP contribution >= 0.6 is 0 Å². The van der Waals surface area contributed by atoms with Gasteiger partial charge in [-0.1, -0.05) is 37.3 Å². The van der Waals surface area contributed by atoms with E-state index in [0.717, 1.165) is 5.56 Å². The molecule has 2 N–H and O–H groups in total. The number of aliphatic hydroxyl groups is 1. The summed E-state index contributed by atoms with van der Waals surface area (Å²) in [7, 11) is 0. The Labute approximate surface area is 148 Å². The van der Waals surface area contributed by atoms with Crippen molar-refractivity contribution in [3.05, 3.63) is 35.9 Å². The number of rotatable bonds is 10. The topological polar surface area (TPSA) is 94.1 Å². The molecule has 0 saturated carbocycles. The van der Waals surface area contributed by atoms with Crippen LogP contribution in [0.25, 0.3) is 0 Å². The van der Waals surface area contributed by atoms with Gasteiger partial charge in [-0.3, -0.25) is 5.32 Å². The van der Waals surface area contributed by atoms with E-state index in [4.69, 9.17) is 14.2 Å². The first-order chi connectivity index (χ1) is 12.0. The molecule has 1 amide bonds. The molecule has 0 bridgehead atoms. The van der Waals surface area contributed by atoms with Crippen LogP contribution in [0.2, 0.25) is 0 Å². The molecule has 140 valence electrons. The molecule has 0 saturated heterocycles. The van der Waals surface area contributed by atoms with Crippen LogP contribution in [0.5, 0.6) is 0 Å². The van der Waals surface area contributed by atoms with Crippen molar-refractivity contribution in [1.82, 2.24) is 5.32 Å². The molecule has 1 aromatic rings. The van der Waals surface area contributed by atoms with E-state index >= 15 is 0 Å². The van der Waals surface area contributed by atoms with E-state index in [-0.39, 0.29) is 13.2 Å². The smallest absolute Gasteiger partial charge is 0.409 e. The highest BCUT2D eigenvalue weighted by Gasteiger charge is 2.34. The van der Waals surface area contributed by atoms with E-state index in [9.17, 15) is 14.7 Å². The maximum atomic E-state index is 12.0. The van der Waals surface area contributed by atoms with Crippen LogP contribution in [-0.4, -0.2) is 42.7 Å². The van der Waals surface area contributed by atoms with E-state index in [0.29, 0.717) is 13.0 Å². The zero-order valence-electron chi connectivity index (χ0n) is 14.9. The third-order valence-corrected chi connectivity index (χ3v) is 3.61. The standard InChI is InChI=1S/C18H27NO6/c1-4-14(15(20)17(21)24-6-3)16(23-5-2)19-18(22)25-12-13-10-8-7-9-11-13/h7-11,14-16,20H,4-6,12H2,1-3H3,(H,19,22). The summed E-state index contributed by atoms with van der Waals surface area (Å²) in [6.45, 7) is 5.78. The summed E-state index contributed by atoms with van der Waals surface area (Å²) in [4.78, 5) is 23.8. The fraction of sp³-hybridized carbons (Fsp3) is 0.556. The minimum atomic E-state index is -1.39. The van der Waals surface area contributed by atoms with Crippen molar-refractivity contribution in [2.45, 2.75) is 46.1 Å². The summed E-state index contributed by atoms with van der Waals surface area (Å²) in [6, 6.07) is 9.25. The first kappa shape index (κ1) is 20.9. The Morgan fingerprint density at radius 3 is 2.32 bits per heavy atom. The molecule has 1 rings (SSSR count). The Balaban J connectivity index is 2.66. The molecule has 0 aliphatic rings. The molecule has 7 nitrogen and oxygen atoms in total. The normalized spacial score (nSPS) is 14.2. The number of ether oxygens (including phenoxy) is 3. The summed E-state index contributed by atoms with van der Waals surface area (Å²) < 4.78 is 15.5. The van der Waals surface area contributed by atoms with Crippen LogP contribution in [0.15, 0.2) is 30.3 Å². The Hall–Kier alpha value is -2.12. The molecule has 0 aromatic heterocycles. The van der Waals surface area contributed by atoms with Crippen molar-refractivity contribution in [2.75, 3.05) is 13.2 Å². The molecule has 0 aliphatic heterocycles. The predicted octanol–water partition coefficient (Wildman–Crippen LogP) is 2.23. The van der Waals surface area contributed by atoms with E-state index in [1.165, 1.54) is 0 Å². The van der Waals surface area contributed by atoms with Gasteiger partial charge in [-0.25, -0.2) is 9.59 Å². The SMILES string of the molecule is CCOC(=O)C(O)C(CC)C(NC(=O)OCc1ccccc1)OCC. The van der Waals surface area contributed by atoms with Gasteiger partial charge in [0.25, 0.3) is 0 Å². The van der Waals surface area contributed by atoms with Gasteiger partial charge in [0.2, 0.25) is 0 Å². The zero-order chi connectivity index (χ0) is 18.7. The summed E-state index contributed by atoms with van der Waals surface area (Å²) in [5.74, 6) is -1.39. The molecule has 3 atom stereocenters. The van der Waals surface area contributed by atoms with Gasteiger partial charge in [-0.2, -0.15) is 0 Å². The second kappa shape index (κ2) is 11.4. The summed E-state index contributed by atoms with van der Waals surface area (Å²) in [5.41, 5.74) is 0.851. The van der Waals surface area contributed by atoms with Gasteiger partial charge in [0, 0.05) is 12.5 Å². The first-order valence-electron chi connectivity index (χ1n) is 8.46. The van der Waals surface area contributed by atoms with Gasteiger partial charge >= 0.3 is 12.1 Å². The van der Waals surface area contributed by atoms with Crippen LogP contribution in [-0.2, 0) is 25.6 Å². The molecule has 25 heavy (non-hydrogen) atoms. The maximum Gasteiger partial charge on any atom is 0.409 e. The molecule has 0 spiro atoms. The van der Waals surface area contributed by atoms with Crippen molar-refractivity contribution < 1.29 is 28.9 Å². The fourth-order valence-corrected chi connectivity index (χ4v) is 2.34. The summed E-state index contributed by atoms with van der Waals surface area (Å²) >= 11 is 0. The van der Waals surface area contributed by atoms with Crippen molar-refractivity contribution in [3.8, 4) is 0 Å². The lowest BCUT2D eigenvalue weighted by Gasteiger charge is -2.29. The van der Waals surface area contributed by atoms with Crippen LogP contribution < -0.4 is 5.32 Å². The quantitative estimate of drug-likeness (QED) is 0.495. The van der Waals surface area contributed by atoms with E-state index < -0.39 is 30.3 Å². The van der Waals surface area contributed by atoms with Crippen LogP contribution in [0.1, 0.15) is 32.8 Å². The third-order valence-electron chi connectivity index (χ3n) is 3.61. The lowest BCUT2D eigenvalue weighted by Crippen LogP contribution is -2.48. The lowest BCUT2D eigenvalue weighted by molar-refractivity contribution is -0.161. The Morgan fingerprint density at radius 1 is 1.08 bits per heavy atom. The van der Waals surface area contributed by atoms with Gasteiger partial charge in [0.05, 0.1) is 6.61 Å².